The Hall–Kier alpha value is -1.37. The molecule has 1 heterocycles. The van der Waals surface area contributed by atoms with E-state index in [0.29, 0.717) is 5.76 Å². The summed E-state index contributed by atoms with van der Waals surface area (Å²) in [6, 6.07) is 3.18. The van der Waals surface area contributed by atoms with Crippen molar-refractivity contribution >= 4 is 5.91 Å². The topological polar surface area (TPSA) is 94.7 Å². The summed E-state index contributed by atoms with van der Waals surface area (Å²) >= 11 is 0. The quantitative estimate of drug-likeness (QED) is 0.339. The minimum Gasteiger partial charge on any atom is -0.454 e. The van der Waals surface area contributed by atoms with Crippen LogP contribution in [0.1, 0.15) is 80.6 Å². The monoisotopic (exact) mass is 362 g/mol. The van der Waals surface area contributed by atoms with Crippen LogP contribution in [0.4, 0.5) is 0 Å². The first-order valence-corrected chi connectivity index (χ1v) is 10.0. The highest BCUT2D eigenvalue weighted by atomic mass is 16.5. The number of amides is 1. The van der Waals surface area contributed by atoms with E-state index in [1.54, 1.807) is 17.6 Å². The van der Waals surface area contributed by atoms with Gasteiger partial charge in [-0.2, -0.15) is 0 Å². The molecule has 6 heteroatoms. The average Bonchev–Trinajstić information content (AvgIpc) is 3.09. The van der Waals surface area contributed by atoms with Crippen LogP contribution in [0.5, 0.6) is 0 Å². The van der Waals surface area contributed by atoms with Gasteiger partial charge in [-0.25, -0.2) is 5.48 Å². The van der Waals surface area contributed by atoms with E-state index >= 15 is 0 Å². The number of nitrogens with one attached hydrogen (secondary N) is 2. The Balaban J connectivity index is 1.49. The third kappa shape index (κ3) is 3.19. The molecule has 0 radical (unpaired) electrons. The van der Waals surface area contributed by atoms with Crippen molar-refractivity contribution in [2.75, 3.05) is 0 Å². The Morgan fingerprint density at radius 2 is 1.85 bits per heavy atom. The Kier molecular flexibility index (Phi) is 4.84. The van der Waals surface area contributed by atoms with Crippen molar-refractivity contribution in [1.29, 1.82) is 0 Å². The molecule has 1 aromatic heterocycles. The van der Waals surface area contributed by atoms with Crippen LogP contribution in [0.3, 0.4) is 0 Å². The SMILES string of the molecule is CCCC(NC(O)C12CC3CC(CC(C3)C1)C2)c1ccc(C(=O)NO)o1. The Morgan fingerprint density at radius 3 is 2.38 bits per heavy atom. The molecule has 2 unspecified atom stereocenters. The molecule has 4 bridgehead atoms. The zero-order chi connectivity index (χ0) is 18.3. The lowest BCUT2D eigenvalue weighted by molar-refractivity contribution is -0.134. The van der Waals surface area contributed by atoms with Crippen LogP contribution in [0.2, 0.25) is 0 Å². The van der Waals surface area contributed by atoms with E-state index in [1.807, 2.05) is 0 Å². The number of rotatable bonds is 7. The van der Waals surface area contributed by atoms with Crippen molar-refractivity contribution in [2.45, 2.75) is 70.6 Å². The molecule has 4 aliphatic carbocycles. The number of hydrogen-bond donors (Lipinski definition) is 4. The Labute approximate surface area is 154 Å². The summed E-state index contributed by atoms with van der Waals surface area (Å²) in [5.74, 6) is 2.40. The molecule has 4 N–H and O–H groups in total. The minimum atomic E-state index is -0.659. The highest BCUT2D eigenvalue weighted by molar-refractivity contribution is 5.90. The maximum atomic E-state index is 11.5. The molecule has 1 aromatic rings. The first-order valence-electron chi connectivity index (χ1n) is 10.0. The van der Waals surface area contributed by atoms with Crippen molar-refractivity contribution in [2.24, 2.45) is 23.2 Å². The molecule has 0 saturated heterocycles. The molecular formula is C20H30N2O4. The highest BCUT2D eigenvalue weighted by Gasteiger charge is 2.54. The zero-order valence-electron chi connectivity index (χ0n) is 15.4. The van der Waals surface area contributed by atoms with Gasteiger partial charge in [0.15, 0.2) is 5.76 Å². The molecule has 26 heavy (non-hydrogen) atoms. The van der Waals surface area contributed by atoms with E-state index in [1.165, 1.54) is 19.3 Å². The summed E-state index contributed by atoms with van der Waals surface area (Å²) in [5, 5.41) is 23.4. The van der Waals surface area contributed by atoms with E-state index in [9.17, 15) is 9.90 Å². The van der Waals surface area contributed by atoms with Gasteiger partial charge in [0.1, 0.15) is 12.0 Å². The number of hydroxylamine groups is 1. The first-order chi connectivity index (χ1) is 12.5. The number of carbonyl (C=O) groups is 1. The zero-order valence-corrected chi connectivity index (χ0v) is 15.4. The van der Waals surface area contributed by atoms with Gasteiger partial charge in [-0.05, 0) is 74.8 Å². The molecule has 0 spiro atoms. The lowest BCUT2D eigenvalue weighted by Gasteiger charge is -2.58. The molecule has 144 valence electrons. The highest BCUT2D eigenvalue weighted by Crippen LogP contribution is 2.61. The first kappa shape index (κ1) is 18.0. The molecule has 5 rings (SSSR count). The normalized spacial score (nSPS) is 34.7. The smallest absolute Gasteiger partial charge is 0.310 e. The van der Waals surface area contributed by atoms with Crippen LogP contribution in [-0.2, 0) is 0 Å². The molecule has 4 fully saturated rings. The molecule has 0 aromatic carbocycles. The molecule has 1 amide bonds. The van der Waals surface area contributed by atoms with Crippen LogP contribution in [0, 0.1) is 23.2 Å². The predicted molar refractivity (Wildman–Crippen MR) is 95.4 cm³/mol. The van der Waals surface area contributed by atoms with Gasteiger partial charge >= 0.3 is 5.91 Å². The van der Waals surface area contributed by atoms with Crippen LogP contribution in [0.15, 0.2) is 16.5 Å². The van der Waals surface area contributed by atoms with Gasteiger partial charge in [-0.1, -0.05) is 13.3 Å². The average molecular weight is 362 g/mol. The number of furan rings is 1. The van der Waals surface area contributed by atoms with E-state index in [2.05, 4.69) is 12.2 Å². The molecule has 6 nitrogen and oxygen atoms in total. The maximum Gasteiger partial charge on any atom is 0.310 e. The second kappa shape index (κ2) is 6.98. The van der Waals surface area contributed by atoms with Gasteiger partial charge in [-0.3, -0.25) is 15.3 Å². The molecule has 0 aliphatic heterocycles. The van der Waals surface area contributed by atoms with Crippen LogP contribution >= 0.6 is 0 Å². The third-order valence-corrected chi connectivity index (χ3v) is 6.90. The summed E-state index contributed by atoms with van der Waals surface area (Å²) in [5.41, 5.74) is 1.59. The van der Waals surface area contributed by atoms with Crippen molar-refractivity contribution < 1.29 is 19.5 Å². The van der Waals surface area contributed by atoms with E-state index in [4.69, 9.17) is 9.62 Å². The fourth-order valence-corrected chi connectivity index (χ4v) is 6.19. The lowest BCUT2D eigenvalue weighted by Crippen LogP contribution is -2.56. The third-order valence-electron chi connectivity index (χ3n) is 6.90. The number of carbonyl (C=O) groups excluding carboxylic acids is 1. The molecule has 2 atom stereocenters. The maximum absolute atomic E-state index is 11.5. The Bertz CT molecular complexity index is 621. The van der Waals surface area contributed by atoms with Gasteiger partial charge in [-0.15, -0.1) is 0 Å². The lowest BCUT2D eigenvalue weighted by atomic mass is 9.49. The van der Waals surface area contributed by atoms with E-state index in [-0.39, 0.29) is 17.2 Å². The summed E-state index contributed by atoms with van der Waals surface area (Å²) in [4.78, 5) is 11.5. The number of aliphatic hydroxyl groups excluding tert-OH is 1. The second-order valence-electron chi connectivity index (χ2n) is 8.83. The number of aliphatic hydroxyl groups is 1. The summed E-state index contributed by atoms with van der Waals surface area (Å²) in [6.45, 7) is 2.09. The van der Waals surface area contributed by atoms with Crippen molar-refractivity contribution in [3.63, 3.8) is 0 Å². The van der Waals surface area contributed by atoms with Gasteiger partial charge in [0.05, 0.1) is 6.04 Å². The summed E-state index contributed by atoms with van der Waals surface area (Å²) < 4.78 is 5.63. The van der Waals surface area contributed by atoms with Gasteiger partial charge in [0.2, 0.25) is 0 Å². The minimum absolute atomic E-state index is 0.00135. The standard InChI is InChI=1S/C20H30N2O4/c1-2-3-15(16-4-5-17(26-16)18(23)22-25)21-19(24)20-9-12-6-13(10-20)8-14(7-12)11-20/h4-5,12-15,19,21,24-25H,2-3,6-11H2,1H3,(H,22,23). The number of hydrogen-bond acceptors (Lipinski definition) is 5. The molecule has 4 aliphatic rings. The van der Waals surface area contributed by atoms with Crippen LogP contribution in [-0.4, -0.2) is 22.4 Å². The fourth-order valence-electron chi connectivity index (χ4n) is 6.19. The molecular weight excluding hydrogens is 332 g/mol. The van der Waals surface area contributed by atoms with Crippen molar-refractivity contribution in [3.05, 3.63) is 23.7 Å². The van der Waals surface area contributed by atoms with Crippen molar-refractivity contribution in [3.8, 4) is 0 Å². The largest absolute Gasteiger partial charge is 0.454 e. The van der Waals surface area contributed by atoms with Crippen LogP contribution in [0.25, 0.3) is 0 Å². The second-order valence-corrected chi connectivity index (χ2v) is 8.83. The molecule has 4 saturated carbocycles. The summed E-state index contributed by atoms with van der Waals surface area (Å²) in [7, 11) is 0. The van der Waals surface area contributed by atoms with Gasteiger partial charge in [0, 0.05) is 5.41 Å². The van der Waals surface area contributed by atoms with E-state index < -0.39 is 12.1 Å². The van der Waals surface area contributed by atoms with Crippen LogP contribution < -0.4 is 10.8 Å². The van der Waals surface area contributed by atoms with E-state index in [0.717, 1.165) is 49.9 Å². The summed E-state index contributed by atoms with van der Waals surface area (Å²) in [6.07, 6.45) is 8.64. The Morgan fingerprint density at radius 1 is 1.23 bits per heavy atom. The van der Waals surface area contributed by atoms with Gasteiger partial charge < -0.3 is 9.52 Å². The fraction of sp³-hybridized carbons (Fsp3) is 0.750. The predicted octanol–water partition coefficient (Wildman–Crippen LogP) is 3.36. The van der Waals surface area contributed by atoms with Gasteiger partial charge in [0.25, 0.3) is 0 Å². The van der Waals surface area contributed by atoms with Crippen molar-refractivity contribution in [1.82, 2.24) is 10.8 Å².